The molecule has 0 saturated carbocycles. The van der Waals surface area contributed by atoms with E-state index in [4.69, 9.17) is 5.73 Å². The minimum atomic E-state index is -0.819. The summed E-state index contributed by atoms with van der Waals surface area (Å²) >= 11 is 0. The third-order valence-corrected chi connectivity index (χ3v) is 6.55. The van der Waals surface area contributed by atoms with Crippen molar-refractivity contribution in [3.63, 3.8) is 0 Å². The van der Waals surface area contributed by atoms with Gasteiger partial charge in [0.05, 0.1) is 5.92 Å². The highest BCUT2D eigenvalue weighted by atomic mass is 16.4. The van der Waals surface area contributed by atoms with Crippen molar-refractivity contribution in [2.75, 3.05) is 0 Å². The highest BCUT2D eigenvalue weighted by Gasteiger charge is 2.28. The van der Waals surface area contributed by atoms with Crippen LogP contribution < -0.4 is 16.4 Å². The van der Waals surface area contributed by atoms with Gasteiger partial charge in [-0.2, -0.15) is 0 Å². The van der Waals surface area contributed by atoms with Crippen LogP contribution >= 0.6 is 0 Å². The summed E-state index contributed by atoms with van der Waals surface area (Å²) in [4.78, 5) is 37.5. The first-order valence-corrected chi connectivity index (χ1v) is 13.1. The Morgan fingerprint density at radius 3 is 2.03 bits per heavy atom. The molecule has 0 spiro atoms. The van der Waals surface area contributed by atoms with Crippen molar-refractivity contribution in [1.82, 2.24) is 10.6 Å². The summed E-state index contributed by atoms with van der Waals surface area (Å²) in [5, 5.41) is 15.6. The minimum Gasteiger partial charge on any atom is -0.481 e. The van der Waals surface area contributed by atoms with Gasteiger partial charge >= 0.3 is 5.97 Å². The van der Waals surface area contributed by atoms with Gasteiger partial charge in [-0.25, -0.2) is 0 Å². The highest BCUT2D eigenvalue weighted by Crippen LogP contribution is 2.19. The van der Waals surface area contributed by atoms with Crippen LogP contribution in [0.25, 0.3) is 0 Å². The lowest BCUT2D eigenvalue weighted by Crippen LogP contribution is -2.46. The number of carbonyl (C=O) groups excluding carboxylic acids is 2. The topological polar surface area (TPSA) is 122 Å². The second-order valence-corrected chi connectivity index (χ2v) is 10.6. The van der Waals surface area contributed by atoms with Crippen molar-refractivity contribution in [3.8, 4) is 0 Å². The number of hydrogen-bond acceptors (Lipinski definition) is 4. The van der Waals surface area contributed by atoms with E-state index in [2.05, 4.69) is 10.6 Å². The zero-order valence-electron chi connectivity index (χ0n) is 22.4. The van der Waals surface area contributed by atoms with Crippen LogP contribution in [-0.4, -0.2) is 41.0 Å². The molecule has 0 fully saturated rings. The SMILES string of the molecule is CCC[C@@H](C[C@H](C)NC(=O)[C@H](C)C[C@@H](NC(=O)[C@@H](Cc1ccccc1)C[C@@H](C)N)C(C)C)C(=O)O. The molecule has 198 valence electrons. The van der Waals surface area contributed by atoms with Crippen molar-refractivity contribution < 1.29 is 19.5 Å². The second-order valence-electron chi connectivity index (χ2n) is 10.6. The third kappa shape index (κ3) is 11.7. The molecule has 0 saturated heterocycles. The molecule has 0 unspecified atom stereocenters. The minimum absolute atomic E-state index is 0.0327. The molecule has 2 amide bonds. The largest absolute Gasteiger partial charge is 0.481 e. The normalized spacial score (nSPS) is 16.6. The maximum absolute atomic E-state index is 13.3. The Bertz CT molecular complexity index is 782. The maximum atomic E-state index is 13.3. The van der Waals surface area contributed by atoms with Gasteiger partial charge in [0.15, 0.2) is 0 Å². The van der Waals surface area contributed by atoms with E-state index in [1.807, 2.05) is 71.9 Å². The summed E-state index contributed by atoms with van der Waals surface area (Å²) in [7, 11) is 0. The van der Waals surface area contributed by atoms with Crippen molar-refractivity contribution in [2.24, 2.45) is 29.4 Å². The molecule has 0 radical (unpaired) electrons. The molecule has 0 bridgehead atoms. The molecule has 1 aromatic carbocycles. The van der Waals surface area contributed by atoms with Crippen LogP contribution in [-0.2, 0) is 20.8 Å². The van der Waals surface area contributed by atoms with Crippen LogP contribution in [0, 0.1) is 23.7 Å². The first-order chi connectivity index (χ1) is 16.4. The number of carboxylic acid groups (broad SMARTS) is 1. The fraction of sp³-hybridized carbons (Fsp3) is 0.679. The number of hydrogen-bond donors (Lipinski definition) is 4. The zero-order chi connectivity index (χ0) is 26.5. The fourth-order valence-electron chi connectivity index (χ4n) is 4.48. The molecule has 0 heterocycles. The van der Waals surface area contributed by atoms with Crippen LogP contribution in [0.5, 0.6) is 0 Å². The van der Waals surface area contributed by atoms with Gasteiger partial charge in [0.1, 0.15) is 0 Å². The number of carbonyl (C=O) groups is 3. The lowest BCUT2D eigenvalue weighted by molar-refractivity contribution is -0.142. The van der Waals surface area contributed by atoms with Gasteiger partial charge in [-0.1, -0.05) is 64.4 Å². The molecule has 1 aromatic rings. The predicted molar refractivity (Wildman–Crippen MR) is 141 cm³/mol. The van der Waals surface area contributed by atoms with Crippen LogP contribution in [0.3, 0.4) is 0 Å². The summed E-state index contributed by atoms with van der Waals surface area (Å²) in [5.41, 5.74) is 7.14. The number of nitrogens with one attached hydrogen (secondary N) is 2. The summed E-state index contributed by atoms with van der Waals surface area (Å²) in [5.74, 6) is -1.83. The Labute approximate surface area is 211 Å². The molecule has 0 aliphatic heterocycles. The van der Waals surface area contributed by atoms with Crippen LogP contribution in [0.4, 0.5) is 0 Å². The van der Waals surface area contributed by atoms with Crippen molar-refractivity contribution in [1.29, 1.82) is 0 Å². The van der Waals surface area contributed by atoms with Gasteiger partial charge in [0, 0.05) is 30.0 Å². The smallest absolute Gasteiger partial charge is 0.306 e. The molecule has 7 nitrogen and oxygen atoms in total. The van der Waals surface area contributed by atoms with E-state index in [0.29, 0.717) is 32.1 Å². The summed E-state index contributed by atoms with van der Waals surface area (Å²) in [6.45, 7) is 11.7. The maximum Gasteiger partial charge on any atom is 0.306 e. The summed E-state index contributed by atoms with van der Waals surface area (Å²) in [6.07, 6.45) is 3.51. The van der Waals surface area contributed by atoms with E-state index in [1.165, 1.54) is 0 Å². The van der Waals surface area contributed by atoms with Crippen molar-refractivity contribution >= 4 is 17.8 Å². The predicted octanol–water partition coefficient (Wildman–Crippen LogP) is 4.15. The Morgan fingerprint density at radius 2 is 1.51 bits per heavy atom. The average molecular weight is 490 g/mol. The van der Waals surface area contributed by atoms with E-state index in [0.717, 1.165) is 12.0 Å². The Morgan fingerprint density at radius 1 is 0.886 bits per heavy atom. The quantitative estimate of drug-likeness (QED) is 0.278. The van der Waals surface area contributed by atoms with Gasteiger partial charge < -0.3 is 21.5 Å². The number of benzene rings is 1. The molecule has 5 N–H and O–H groups in total. The monoisotopic (exact) mass is 489 g/mol. The average Bonchev–Trinajstić information content (AvgIpc) is 2.77. The molecule has 35 heavy (non-hydrogen) atoms. The lowest BCUT2D eigenvalue weighted by atomic mass is 9.89. The molecule has 6 atom stereocenters. The number of aliphatic carboxylic acids is 1. The van der Waals surface area contributed by atoms with Crippen LogP contribution in [0.2, 0.25) is 0 Å². The van der Waals surface area contributed by atoms with E-state index in [-0.39, 0.29) is 47.7 Å². The van der Waals surface area contributed by atoms with Crippen LogP contribution in [0.1, 0.15) is 79.2 Å². The van der Waals surface area contributed by atoms with Crippen LogP contribution in [0.15, 0.2) is 30.3 Å². The van der Waals surface area contributed by atoms with E-state index >= 15 is 0 Å². The molecule has 0 aliphatic rings. The van der Waals surface area contributed by atoms with Gasteiger partial charge in [0.2, 0.25) is 11.8 Å². The Hall–Kier alpha value is -2.41. The number of amides is 2. The fourth-order valence-corrected chi connectivity index (χ4v) is 4.48. The van der Waals surface area contributed by atoms with Gasteiger partial charge in [-0.05, 0) is 57.4 Å². The van der Waals surface area contributed by atoms with Crippen molar-refractivity contribution in [2.45, 2.75) is 98.2 Å². The molecule has 0 aliphatic carbocycles. The Kier molecular flexibility index (Phi) is 13.6. The summed E-state index contributed by atoms with van der Waals surface area (Å²) < 4.78 is 0. The highest BCUT2D eigenvalue weighted by molar-refractivity contribution is 5.80. The number of nitrogens with two attached hydrogens (primary N) is 1. The molecule has 7 heteroatoms. The molecule has 0 aromatic heterocycles. The van der Waals surface area contributed by atoms with E-state index in [9.17, 15) is 19.5 Å². The molecular formula is C28H47N3O4. The van der Waals surface area contributed by atoms with Gasteiger partial charge in [-0.15, -0.1) is 0 Å². The van der Waals surface area contributed by atoms with Gasteiger partial charge in [-0.3, -0.25) is 14.4 Å². The standard InChI is InChI=1S/C28H47N3O4/c1-7-11-23(28(34)35)16-21(6)30-26(32)19(4)14-25(18(2)3)31-27(33)24(15-20(5)29)17-22-12-9-8-10-13-22/h8-10,12-13,18-21,23-25H,7,11,14-17,29H2,1-6H3,(H,30,32)(H,31,33)(H,34,35)/t19-,20-,21+,23+,24-,25-/m1/s1. The number of rotatable bonds is 16. The zero-order valence-corrected chi connectivity index (χ0v) is 22.4. The first-order valence-electron chi connectivity index (χ1n) is 13.1. The van der Waals surface area contributed by atoms with E-state index in [1.54, 1.807) is 0 Å². The molecular weight excluding hydrogens is 442 g/mol. The Balaban J connectivity index is 2.76. The number of carboxylic acids is 1. The second kappa shape index (κ2) is 15.6. The first kappa shape index (κ1) is 30.6. The summed E-state index contributed by atoms with van der Waals surface area (Å²) in [6, 6.07) is 9.44. The van der Waals surface area contributed by atoms with Crippen molar-refractivity contribution in [3.05, 3.63) is 35.9 Å². The van der Waals surface area contributed by atoms with Gasteiger partial charge in [0.25, 0.3) is 0 Å². The van der Waals surface area contributed by atoms with E-state index < -0.39 is 11.9 Å². The third-order valence-electron chi connectivity index (χ3n) is 6.55. The molecule has 1 rings (SSSR count). The lowest BCUT2D eigenvalue weighted by Gasteiger charge is -2.29.